The zero-order valence-corrected chi connectivity index (χ0v) is 18.1. The van der Waals surface area contributed by atoms with Crippen molar-refractivity contribution in [2.45, 2.75) is 31.8 Å². The second-order valence-electron chi connectivity index (χ2n) is 8.31. The number of carbonyl (C=O) groups excluding carboxylic acids is 2. The Labute approximate surface area is 190 Å². The molecule has 1 saturated carbocycles. The molecular formula is C23H26FN5O4. The number of aromatic carboxylic acids is 1. The van der Waals surface area contributed by atoms with Crippen LogP contribution in [0.3, 0.4) is 0 Å². The van der Waals surface area contributed by atoms with Crippen molar-refractivity contribution in [1.29, 1.82) is 0 Å². The number of carboxylic acid groups (broad SMARTS) is 1. The average Bonchev–Trinajstić information content (AvgIpc) is 2.78. The minimum atomic E-state index is -1.07. The van der Waals surface area contributed by atoms with Crippen molar-refractivity contribution in [1.82, 2.24) is 20.1 Å². The molecule has 0 spiro atoms. The quantitative estimate of drug-likeness (QED) is 0.617. The summed E-state index contributed by atoms with van der Waals surface area (Å²) in [5, 5.41) is 14.4. The fourth-order valence-corrected chi connectivity index (χ4v) is 3.85. The number of amides is 3. The Balaban J connectivity index is 1.30. The van der Waals surface area contributed by atoms with Crippen molar-refractivity contribution in [2.24, 2.45) is 0 Å². The van der Waals surface area contributed by atoms with E-state index in [9.17, 15) is 18.8 Å². The number of carbonyl (C=O) groups is 3. The first-order valence-electron chi connectivity index (χ1n) is 11.0. The van der Waals surface area contributed by atoms with Gasteiger partial charge in [-0.15, -0.1) is 0 Å². The third kappa shape index (κ3) is 5.64. The highest BCUT2D eigenvalue weighted by atomic mass is 19.1. The SMILES string of the molecule is O=C(Nc1ccc(C(=O)N2CCN(Cc3cccc(C(=O)O)n3)CC2)cc1F)NC1CCC1. The summed E-state index contributed by atoms with van der Waals surface area (Å²) in [6.07, 6.45) is 2.95. The van der Waals surface area contributed by atoms with Gasteiger partial charge in [0.2, 0.25) is 0 Å². The summed E-state index contributed by atoms with van der Waals surface area (Å²) in [6, 6.07) is 8.64. The van der Waals surface area contributed by atoms with Gasteiger partial charge in [0, 0.05) is 44.3 Å². The second-order valence-corrected chi connectivity index (χ2v) is 8.31. The predicted molar refractivity (Wildman–Crippen MR) is 119 cm³/mol. The number of rotatable bonds is 6. The Hall–Kier alpha value is -3.53. The van der Waals surface area contributed by atoms with Crippen LogP contribution in [-0.2, 0) is 6.54 Å². The monoisotopic (exact) mass is 455 g/mol. The Kier molecular flexibility index (Phi) is 6.83. The molecule has 9 nitrogen and oxygen atoms in total. The molecule has 2 heterocycles. The topological polar surface area (TPSA) is 115 Å². The van der Waals surface area contributed by atoms with Crippen LogP contribution in [0.2, 0.25) is 0 Å². The van der Waals surface area contributed by atoms with Crippen molar-refractivity contribution in [3.63, 3.8) is 0 Å². The largest absolute Gasteiger partial charge is 0.477 e. The van der Waals surface area contributed by atoms with Crippen molar-refractivity contribution in [2.75, 3.05) is 31.5 Å². The van der Waals surface area contributed by atoms with Crippen molar-refractivity contribution < 1.29 is 23.9 Å². The molecule has 3 N–H and O–H groups in total. The zero-order chi connectivity index (χ0) is 23.4. The molecule has 1 aromatic heterocycles. The van der Waals surface area contributed by atoms with Gasteiger partial charge in [0.25, 0.3) is 5.91 Å². The maximum Gasteiger partial charge on any atom is 0.354 e. The van der Waals surface area contributed by atoms with E-state index in [1.165, 1.54) is 18.2 Å². The maximum atomic E-state index is 14.5. The van der Waals surface area contributed by atoms with Gasteiger partial charge < -0.3 is 20.6 Å². The molecule has 0 radical (unpaired) electrons. The normalized spacial score (nSPS) is 16.7. The van der Waals surface area contributed by atoms with E-state index in [1.807, 2.05) is 0 Å². The summed E-state index contributed by atoms with van der Waals surface area (Å²) < 4.78 is 14.5. The van der Waals surface area contributed by atoms with E-state index in [0.717, 1.165) is 25.3 Å². The summed E-state index contributed by atoms with van der Waals surface area (Å²) >= 11 is 0. The van der Waals surface area contributed by atoms with Crippen LogP contribution in [0.4, 0.5) is 14.9 Å². The summed E-state index contributed by atoms with van der Waals surface area (Å²) in [5.74, 6) is -2.00. The van der Waals surface area contributed by atoms with Gasteiger partial charge in [-0.05, 0) is 49.6 Å². The van der Waals surface area contributed by atoms with E-state index in [4.69, 9.17) is 5.11 Å². The summed E-state index contributed by atoms with van der Waals surface area (Å²) in [5.41, 5.74) is 0.911. The van der Waals surface area contributed by atoms with Crippen molar-refractivity contribution in [3.8, 4) is 0 Å². The molecule has 1 aliphatic carbocycles. The van der Waals surface area contributed by atoms with Crippen molar-refractivity contribution >= 4 is 23.6 Å². The molecule has 10 heteroatoms. The number of pyridine rings is 1. The third-order valence-electron chi connectivity index (χ3n) is 5.98. The number of hydrogen-bond donors (Lipinski definition) is 3. The van der Waals surface area contributed by atoms with Gasteiger partial charge >= 0.3 is 12.0 Å². The van der Waals surface area contributed by atoms with E-state index >= 15 is 0 Å². The van der Waals surface area contributed by atoms with Gasteiger partial charge in [0.1, 0.15) is 11.5 Å². The summed E-state index contributed by atoms with van der Waals surface area (Å²) in [6.45, 7) is 2.59. The molecule has 1 aliphatic heterocycles. The summed E-state index contributed by atoms with van der Waals surface area (Å²) in [4.78, 5) is 43.7. The smallest absolute Gasteiger partial charge is 0.354 e. The molecule has 174 valence electrons. The van der Waals surface area contributed by atoms with Crippen LogP contribution in [0, 0.1) is 5.82 Å². The van der Waals surface area contributed by atoms with Gasteiger partial charge in [0.05, 0.1) is 11.4 Å². The van der Waals surface area contributed by atoms with Crippen LogP contribution >= 0.6 is 0 Å². The number of anilines is 1. The zero-order valence-electron chi connectivity index (χ0n) is 18.1. The molecule has 1 aromatic carbocycles. The highest BCUT2D eigenvalue weighted by Gasteiger charge is 2.24. The van der Waals surface area contributed by atoms with E-state index in [2.05, 4.69) is 20.5 Å². The molecule has 2 aliphatic rings. The van der Waals surface area contributed by atoms with Crippen LogP contribution in [0.25, 0.3) is 0 Å². The molecule has 0 bridgehead atoms. The first-order chi connectivity index (χ1) is 15.9. The standard InChI is InChI=1S/C23H26FN5O4/c24-18-13-15(7-8-19(18)27-23(33)26-16-3-1-4-16)21(30)29-11-9-28(10-12-29)14-17-5-2-6-20(25-17)22(31)32/h2,5-8,13,16H,1,3-4,9-12,14H2,(H,31,32)(H2,26,27,33). The number of piperazine rings is 1. The molecule has 2 fully saturated rings. The Morgan fingerprint density at radius 2 is 1.85 bits per heavy atom. The number of hydrogen-bond acceptors (Lipinski definition) is 5. The Morgan fingerprint density at radius 3 is 2.48 bits per heavy atom. The van der Waals surface area contributed by atoms with Gasteiger partial charge in [0.15, 0.2) is 0 Å². The number of nitrogens with zero attached hydrogens (tertiary/aromatic N) is 3. The molecule has 3 amide bonds. The molecular weight excluding hydrogens is 429 g/mol. The highest BCUT2D eigenvalue weighted by Crippen LogP contribution is 2.20. The van der Waals surface area contributed by atoms with E-state index in [1.54, 1.807) is 17.0 Å². The molecule has 0 atom stereocenters. The lowest BCUT2D eigenvalue weighted by Gasteiger charge is -2.34. The fourth-order valence-electron chi connectivity index (χ4n) is 3.85. The lowest BCUT2D eigenvalue weighted by Crippen LogP contribution is -2.48. The van der Waals surface area contributed by atoms with Crippen LogP contribution in [-0.4, -0.2) is 70.0 Å². The van der Waals surface area contributed by atoms with Crippen LogP contribution in [0.5, 0.6) is 0 Å². The van der Waals surface area contributed by atoms with Gasteiger partial charge in [-0.25, -0.2) is 19.0 Å². The fraction of sp³-hybridized carbons (Fsp3) is 0.391. The Bertz CT molecular complexity index is 1050. The number of halogens is 1. The minimum absolute atomic E-state index is 0.00166. The van der Waals surface area contributed by atoms with Gasteiger partial charge in [-0.3, -0.25) is 9.69 Å². The van der Waals surface area contributed by atoms with E-state index < -0.39 is 17.8 Å². The molecule has 2 aromatic rings. The molecule has 4 rings (SSSR count). The highest BCUT2D eigenvalue weighted by molar-refractivity contribution is 5.95. The number of urea groups is 1. The first kappa shape index (κ1) is 22.7. The lowest BCUT2D eigenvalue weighted by atomic mass is 9.93. The third-order valence-corrected chi connectivity index (χ3v) is 5.98. The lowest BCUT2D eigenvalue weighted by molar-refractivity contribution is 0.0622. The number of aromatic nitrogens is 1. The minimum Gasteiger partial charge on any atom is -0.477 e. The van der Waals surface area contributed by atoms with Gasteiger partial charge in [-0.1, -0.05) is 6.07 Å². The number of benzene rings is 1. The van der Waals surface area contributed by atoms with Crippen molar-refractivity contribution in [3.05, 3.63) is 59.2 Å². The van der Waals surface area contributed by atoms with E-state index in [-0.39, 0.29) is 28.9 Å². The van der Waals surface area contributed by atoms with Gasteiger partial charge in [-0.2, -0.15) is 0 Å². The Morgan fingerprint density at radius 1 is 1.09 bits per heavy atom. The molecule has 33 heavy (non-hydrogen) atoms. The first-order valence-corrected chi connectivity index (χ1v) is 11.0. The number of nitrogens with one attached hydrogen (secondary N) is 2. The predicted octanol–water partition coefficient (Wildman–Crippen LogP) is 2.55. The molecule has 1 saturated heterocycles. The number of carboxylic acids is 1. The van der Waals surface area contributed by atoms with E-state index in [0.29, 0.717) is 38.4 Å². The maximum absolute atomic E-state index is 14.5. The van der Waals surface area contributed by atoms with Crippen LogP contribution in [0.15, 0.2) is 36.4 Å². The van der Waals surface area contributed by atoms with Crippen LogP contribution < -0.4 is 10.6 Å². The molecule has 0 unspecified atom stereocenters. The average molecular weight is 455 g/mol. The van der Waals surface area contributed by atoms with Crippen LogP contribution in [0.1, 0.15) is 45.8 Å². The second kappa shape index (κ2) is 9.95. The summed E-state index contributed by atoms with van der Waals surface area (Å²) in [7, 11) is 0.